The Kier molecular flexibility index (Phi) is 6.55. The number of carboxylic acid groups (broad SMARTS) is 1. The molecule has 0 spiro atoms. The standard InChI is InChI=1S/C26H24Cl2FN3O3/c27-20-7-2-1-5-15(20)12-30-16-6-3-4-10-31(13-16)24-21(29)11-18-23(22(24)28)32(17-8-9-17)14-19(25(18)33)26(34)35/h1-2,5,7,11-12,14,16-17H,3-4,6,8-10,13H2,(H,34,35)/t16-/m1/s1. The van der Waals surface area contributed by atoms with E-state index < -0.39 is 17.2 Å². The Labute approximate surface area is 211 Å². The molecule has 2 fully saturated rings. The van der Waals surface area contributed by atoms with Gasteiger partial charge in [0.05, 0.1) is 27.7 Å². The minimum atomic E-state index is -1.33. The Morgan fingerprint density at radius 1 is 1.17 bits per heavy atom. The summed E-state index contributed by atoms with van der Waals surface area (Å²) in [6, 6.07) is 8.55. The van der Waals surface area contributed by atoms with Gasteiger partial charge >= 0.3 is 5.97 Å². The number of fused-ring (bicyclic) bond motifs is 1. The number of anilines is 1. The third kappa shape index (κ3) is 4.67. The van der Waals surface area contributed by atoms with Gasteiger partial charge in [0, 0.05) is 42.1 Å². The fourth-order valence-corrected chi connectivity index (χ4v) is 5.32. The molecule has 1 aromatic heterocycles. The van der Waals surface area contributed by atoms with Crippen molar-refractivity contribution in [1.29, 1.82) is 0 Å². The predicted octanol–water partition coefficient (Wildman–Crippen LogP) is 5.96. The number of aromatic nitrogens is 1. The van der Waals surface area contributed by atoms with Crippen LogP contribution < -0.4 is 10.3 Å². The van der Waals surface area contributed by atoms with Gasteiger partial charge in [-0.25, -0.2) is 9.18 Å². The number of hydrogen-bond acceptors (Lipinski definition) is 4. The molecule has 35 heavy (non-hydrogen) atoms. The molecule has 0 unspecified atom stereocenters. The molecule has 0 bridgehead atoms. The number of halogens is 3. The lowest BCUT2D eigenvalue weighted by atomic mass is 10.1. The third-order valence-corrected chi connectivity index (χ3v) is 7.35. The van der Waals surface area contributed by atoms with Crippen molar-refractivity contribution in [3.8, 4) is 0 Å². The summed E-state index contributed by atoms with van der Waals surface area (Å²) in [6.45, 7) is 1.06. The molecule has 1 aliphatic carbocycles. The van der Waals surface area contributed by atoms with Gasteiger partial charge in [-0.05, 0) is 44.2 Å². The van der Waals surface area contributed by atoms with Crippen LogP contribution in [0.2, 0.25) is 10.0 Å². The summed E-state index contributed by atoms with van der Waals surface area (Å²) in [5.41, 5.74) is 0.339. The lowest BCUT2D eigenvalue weighted by Gasteiger charge is -2.27. The second-order valence-electron chi connectivity index (χ2n) is 9.13. The third-order valence-electron chi connectivity index (χ3n) is 6.65. The number of pyridine rings is 1. The fraction of sp³-hybridized carbons (Fsp3) is 0.346. The molecule has 1 saturated heterocycles. The lowest BCUT2D eigenvalue weighted by molar-refractivity contribution is 0.0695. The largest absolute Gasteiger partial charge is 0.477 e. The smallest absolute Gasteiger partial charge is 0.341 e. The average Bonchev–Trinajstić information content (AvgIpc) is 3.67. The summed E-state index contributed by atoms with van der Waals surface area (Å²) in [5, 5.41) is 10.2. The number of carbonyl (C=O) groups is 1. The molecule has 2 aliphatic rings. The normalized spacial score (nSPS) is 18.8. The SMILES string of the molecule is O=C(O)c1cn(C2CC2)c2c(Cl)c(N3CCCC[C@@H](N=Cc4ccccc4Cl)C3)c(F)cc2c1=O. The fourth-order valence-electron chi connectivity index (χ4n) is 4.72. The van der Waals surface area contributed by atoms with E-state index in [2.05, 4.69) is 0 Å². The zero-order valence-electron chi connectivity index (χ0n) is 18.9. The molecule has 0 amide bonds. The van der Waals surface area contributed by atoms with E-state index >= 15 is 4.39 Å². The first-order chi connectivity index (χ1) is 16.8. The molecule has 5 rings (SSSR count). The zero-order chi connectivity index (χ0) is 24.7. The highest BCUT2D eigenvalue weighted by molar-refractivity contribution is 6.38. The minimum absolute atomic E-state index is 0.00818. The van der Waals surface area contributed by atoms with Crippen LogP contribution in [0.1, 0.15) is 54.1 Å². The highest BCUT2D eigenvalue weighted by atomic mass is 35.5. The van der Waals surface area contributed by atoms with Gasteiger partial charge in [-0.15, -0.1) is 0 Å². The summed E-state index contributed by atoms with van der Waals surface area (Å²) in [4.78, 5) is 31.1. The molecule has 1 aliphatic heterocycles. The van der Waals surface area contributed by atoms with Crippen LogP contribution in [0.5, 0.6) is 0 Å². The van der Waals surface area contributed by atoms with Crippen molar-refractivity contribution in [2.45, 2.75) is 44.2 Å². The van der Waals surface area contributed by atoms with Gasteiger partial charge in [-0.1, -0.05) is 41.4 Å². The molecule has 6 nitrogen and oxygen atoms in total. The Bertz CT molecular complexity index is 1400. The van der Waals surface area contributed by atoms with E-state index in [1.54, 1.807) is 10.8 Å². The van der Waals surface area contributed by atoms with Gasteiger partial charge in [-0.3, -0.25) is 9.79 Å². The van der Waals surface area contributed by atoms with Crippen molar-refractivity contribution < 1.29 is 14.3 Å². The molecule has 182 valence electrons. The van der Waals surface area contributed by atoms with Gasteiger partial charge in [0.1, 0.15) is 11.4 Å². The first-order valence-corrected chi connectivity index (χ1v) is 12.4. The summed E-state index contributed by atoms with van der Waals surface area (Å²) in [7, 11) is 0. The van der Waals surface area contributed by atoms with Crippen LogP contribution in [-0.2, 0) is 0 Å². The Morgan fingerprint density at radius 3 is 2.66 bits per heavy atom. The Hall–Kier alpha value is -2.90. The quantitative estimate of drug-likeness (QED) is 0.425. The van der Waals surface area contributed by atoms with Crippen LogP contribution in [0.25, 0.3) is 10.9 Å². The van der Waals surface area contributed by atoms with Crippen LogP contribution >= 0.6 is 23.2 Å². The molecule has 9 heteroatoms. The number of aliphatic imine (C=N–C) groups is 1. The average molecular weight is 516 g/mol. The van der Waals surface area contributed by atoms with Gasteiger partial charge in [0.2, 0.25) is 5.43 Å². The molecule has 1 N–H and O–H groups in total. The number of aromatic carboxylic acids is 1. The van der Waals surface area contributed by atoms with E-state index in [1.165, 1.54) is 6.20 Å². The summed E-state index contributed by atoms with van der Waals surface area (Å²) < 4.78 is 17.2. The molecular formula is C26H24Cl2FN3O3. The van der Waals surface area contributed by atoms with Crippen LogP contribution in [0, 0.1) is 5.82 Å². The highest BCUT2D eigenvalue weighted by Gasteiger charge is 2.31. The zero-order valence-corrected chi connectivity index (χ0v) is 20.4. The van der Waals surface area contributed by atoms with E-state index in [0.717, 1.165) is 43.7 Å². The van der Waals surface area contributed by atoms with Crippen LogP contribution in [0.4, 0.5) is 10.1 Å². The van der Waals surface area contributed by atoms with E-state index in [9.17, 15) is 14.7 Å². The number of nitrogens with zero attached hydrogens (tertiary/aromatic N) is 3. The van der Waals surface area contributed by atoms with Crippen molar-refractivity contribution in [3.05, 3.63) is 73.7 Å². The Morgan fingerprint density at radius 2 is 1.94 bits per heavy atom. The predicted molar refractivity (Wildman–Crippen MR) is 137 cm³/mol. The highest BCUT2D eigenvalue weighted by Crippen LogP contribution is 2.42. The van der Waals surface area contributed by atoms with Gasteiger partial charge in [0.25, 0.3) is 0 Å². The number of carboxylic acids is 1. The van der Waals surface area contributed by atoms with Crippen LogP contribution in [0.3, 0.4) is 0 Å². The molecular weight excluding hydrogens is 492 g/mol. The number of benzene rings is 2. The minimum Gasteiger partial charge on any atom is -0.477 e. The van der Waals surface area contributed by atoms with Crippen molar-refractivity contribution in [2.75, 3.05) is 18.0 Å². The molecule has 1 atom stereocenters. The van der Waals surface area contributed by atoms with E-state index in [4.69, 9.17) is 28.2 Å². The maximum absolute atomic E-state index is 15.5. The lowest BCUT2D eigenvalue weighted by Crippen LogP contribution is -2.31. The maximum Gasteiger partial charge on any atom is 0.341 e. The second kappa shape index (κ2) is 9.63. The monoisotopic (exact) mass is 515 g/mol. The van der Waals surface area contributed by atoms with Crippen LogP contribution in [0.15, 0.2) is 46.3 Å². The van der Waals surface area contributed by atoms with E-state index in [1.807, 2.05) is 29.2 Å². The van der Waals surface area contributed by atoms with Crippen molar-refractivity contribution in [2.24, 2.45) is 4.99 Å². The van der Waals surface area contributed by atoms with Crippen molar-refractivity contribution >= 4 is 52.0 Å². The molecule has 2 aromatic carbocycles. The van der Waals surface area contributed by atoms with Crippen molar-refractivity contribution in [1.82, 2.24) is 4.57 Å². The molecule has 0 radical (unpaired) electrons. The second-order valence-corrected chi connectivity index (χ2v) is 9.91. The molecule has 2 heterocycles. The molecule has 1 saturated carbocycles. The maximum atomic E-state index is 15.5. The van der Waals surface area contributed by atoms with E-state index in [-0.39, 0.29) is 33.7 Å². The first kappa shape index (κ1) is 23.8. The van der Waals surface area contributed by atoms with E-state index in [0.29, 0.717) is 23.6 Å². The summed E-state index contributed by atoms with van der Waals surface area (Å²) >= 11 is 13.1. The summed E-state index contributed by atoms with van der Waals surface area (Å²) in [6.07, 6.45) is 7.43. The van der Waals surface area contributed by atoms with Crippen LogP contribution in [-0.4, -0.2) is 41.0 Å². The number of hydrogen-bond donors (Lipinski definition) is 1. The Balaban J connectivity index is 1.56. The number of rotatable bonds is 5. The first-order valence-electron chi connectivity index (χ1n) is 11.7. The summed E-state index contributed by atoms with van der Waals surface area (Å²) in [5.74, 6) is -1.97. The molecule has 3 aromatic rings. The van der Waals surface area contributed by atoms with Gasteiger partial charge < -0.3 is 14.6 Å². The van der Waals surface area contributed by atoms with Gasteiger partial charge in [0.15, 0.2) is 0 Å². The van der Waals surface area contributed by atoms with Crippen molar-refractivity contribution in [3.63, 3.8) is 0 Å². The topological polar surface area (TPSA) is 74.9 Å². The van der Waals surface area contributed by atoms with Gasteiger partial charge in [-0.2, -0.15) is 0 Å².